The summed E-state index contributed by atoms with van der Waals surface area (Å²) >= 11 is 0. The van der Waals surface area contributed by atoms with Crippen molar-refractivity contribution in [2.45, 2.75) is 159 Å². The second kappa shape index (κ2) is 19.9. The third-order valence-electron chi connectivity index (χ3n) is 14.2. The number of carboxylic acids is 1. The third kappa shape index (κ3) is 11.1. The number of aromatic amines is 1. The maximum absolute atomic E-state index is 12.7. The van der Waals surface area contributed by atoms with Gasteiger partial charge in [-0.1, -0.05) is 82.6 Å². The quantitative estimate of drug-likeness (QED) is 0.0414. The molecular weight excluding hydrogens is 715 g/mol. The van der Waals surface area contributed by atoms with E-state index in [-0.39, 0.29) is 41.4 Å². The zero-order chi connectivity index (χ0) is 40.4. The lowest BCUT2D eigenvalue weighted by atomic mass is 9.67. The molecule has 2 fully saturated rings. The second-order valence-electron chi connectivity index (χ2n) is 18.1. The van der Waals surface area contributed by atoms with Gasteiger partial charge < -0.3 is 36.3 Å². The van der Waals surface area contributed by atoms with Crippen molar-refractivity contribution in [1.29, 1.82) is 0 Å². The number of anilines is 1. The van der Waals surface area contributed by atoms with Gasteiger partial charge in [0.15, 0.2) is 0 Å². The maximum atomic E-state index is 12.7. The summed E-state index contributed by atoms with van der Waals surface area (Å²) in [5, 5.41) is 54.9. The molecule has 312 valence electrons. The van der Waals surface area contributed by atoms with Crippen LogP contribution in [0, 0.1) is 29.6 Å². The number of phenolic OH excluding ortho intramolecular Hbond substituents is 1. The molecule has 8 unspecified atom stereocenters. The summed E-state index contributed by atoms with van der Waals surface area (Å²) in [5.74, 6) is -0.360. The average molecular weight is 784 g/mol. The molecule has 0 aliphatic heterocycles. The Morgan fingerprint density at radius 1 is 0.965 bits per heavy atom. The number of carbonyl (C=O) groups is 1. The van der Waals surface area contributed by atoms with Crippen LogP contribution in [0.25, 0.3) is 0 Å². The van der Waals surface area contributed by atoms with Crippen molar-refractivity contribution >= 4 is 11.8 Å². The molecule has 9 nitrogen and oxygen atoms in total. The molecule has 0 amide bonds. The number of unbranched alkanes of at least 4 members (excludes halogenated alkanes) is 4. The normalized spacial score (nSPS) is 26.8. The zero-order valence-electron chi connectivity index (χ0n) is 34.2. The summed E-state index contributed by atoms with van der Waals surface area (Å²) in [7, 11) is 0. The highest BCUT2D eigenvalue weighted by Gasteiger charge is 2.54. The van der Waals surface area contributed by atoms with Gasteiger partial charge in [0, 0.05) is 24.0 Å². The zero-order valence-corrected chi connectivity index (χ0v) is 34.2. The summed E-state index contributed by atoms with van der Waals surface area (Å²) in [4.78, 5) is 20.3. The van der Waals surface area contributed by atoms with Crippen molar-refractivity contribution in [2.75, 3.05) is 5.73 Å². The van der Waals surface area contributed by atoms with Crippen LogP contribution < -0.4 is 5.73 Å². The van der Waals surface area contributed by atoms with Crippen molar-refractivity contribution in [3.05, 3.63) is 89.4 Å². The smallest absolute Gasteiger partial charge is 0.309 e. The van der Waals surface area contributed by atoms with Gasteiger partial charge in [0.25, 0.3) is 0 Å². The molecule has 9 heteroatoms. The number of aromatic nitrogens is 2. The van der Waals surface area contributed by atoms with Crippen LogP contribution >= 0.6 is 0 Å². The van der Waals surface area contributed by atoms with E-state index >= 15 is 0 Å². The first-order valence-corrected chi connectivity index (χ1v) is 22.1. The summed E-state index contributed by atoms with van der Waals surface area (Å²) in [6, 6.07) is 13.5. The van der Waals surface area contributed by atoms with Crippen molar-refractivity contribution in [3.63, 3.8) is 0 Å². The van der Waals surface area contributed by atoms with Crippen LogP contribution in [0.5, 0.6) is 5.75 Å². The van der Waals surface area contributed by atoms with Crippen LogP contribution in [0.4, 0.5) is 5.82 Å². The number of aliphatic hydroxyl groups is 3. The predicted molar refractivity (Wildman–Crippen MR) is 226 cm³/mol. The molecule has 8 N–H and O–H groups in total. The fourth-order valence-corrected chi connectivity index (χ4v) is 10.9. The van der Waals surface area contributed by atoms with Crippen LogP contribution in [0.3, 0.4) is 0 Å². The molecule has 0 radical (unpaired) electrons. The predicted octanol–water partition coefficient (Wildman–Crippen LogP) is 9.03. The fraction of sp³-hybridized carbons (Fsp3) is 0.625. The highest BCUT2D eigenvalue weighted by Crippen LogP contribution is 2.57. The minimum absolute atomic E-state index is 0.0781. The third-order valence-corrected chi connectivity index (χ3v) is 14.2. The number of nitrogens with two attached hydrogens (primary N) is 1. The fourth-order valence-electron chi connectivity index (χ4n) is 10.9. The number of rotatable bonds is 21. The number of aromatic hydroxyl groups is 1. The largest absolute Gasteiger partial charge is 0.508 e. The number of nitrogen functional groups attached to an aromatic ring is 1. The Kier molecular flexibility index (Phi) is 15.0. The van der Waals surface area contributed by atoms with Crippen molar-refractivity contribution in [2.24, 2.45) is 29.6 Å². The SMILES string of the molecule is CCCCCC1C=CC(CCCCCC(C(=O)O)C(O)CCC2(O)CC(C3(c4ccnc(N)c4)CCCC3)CC2Cc2cc(Cc3ccc(O)cc3)c[nH]2)C(O)C1. The molecule has 1 aromatic carbocycles. The number of aliphatic carboxylic acids is 1. The van der Waals surface area contributed by atoms with Crippen molar-refractivity contribution < 1.29 is 30.3 Å². The first-order chi connectivity index (χ1) is 27.5. The Morgan fingerprint density at radius 2 is 1.74 bits per heavy atom. The van der Waals surface area contributed by atoms with Crippen LogP contribution in [0.15, 0.2) is 67.0 Å². The highest BCUT2D eigenvalue weighted by molar-refractivity contribution is 5.70. The van der Waals surface area contributed by atoms with Crippen molar-refractivity contribution in [3.8, 4) is 5.75 Å². The van der Waals surface area contributed by atoms with E-state index in [0.29, 0.717) is 43.8 Å². The van der Waals surface area contributed by atoms with E-state index in [4.69, 9.17) is 5.73 Å². The van der Waals surface area contributed by atoms with E-state index in [9.17, 15) is 30.3 Å². The summed E-state index contributed by atoms with van der Waals surface area (Å²) in [6.45, 7) is 2.21. The van der Waals surface area contributed by atoms with Gasteiger partial charge in [-0.15, -0.1) is 0 Å². The Balaban J connectivity index is 1.08. The minimum atomic E-state index is -1.07. The highest BCUT2D eigenvalue weighted by atomic mass is 16.4. The van der Waals surface area contributed by atoms with Gasteiger partial charge in [0.1, 0.15) is 11.6 Å². The first-order valence-electron chi connectivity index (χ1n) is 22.1. The number of benzene rings is 1. The van der Waals surface area contributed by atoms with E-state index < -0.39 is 23.6 Å². The molecule has 2 saturated carbocycles. The molecular formula is C48H69N3O6. The molecule has 0 saturated heterocycles. The first kappa shape index (κ1) is 42.9. The van der Waals surface area contributed by atoms with Gasteiger partial charge in [0.2, 0.25) is 0 Å². The number of hydrogen-bond acceptors (Lipinski definition) is 7. The summed E-state index contributed by atoms with van der Waals surface area (Å²) < 4.78 is 0. The molecule has 8 atom stereocenters. The van der Waals surface area contributed by atoms with E-state index in [1.54, 1.807) is 18.3 Å². The van der Waals surface area contributed by atoms with E-state index in [0.717, 1.165) is 87.4 Å². The van der Waals surface area contributed by atoms with Gasteiger partial charge in [0.05, 0.1) is 23.7 Å². The standard InChI is InChI=1S/C48H69N3O6/c1-2-3-5-10-33-13-16-36(44(54)27-33)11-6-4-7-12-42(46(55)56)43(53)19-23-48(57)31-39(47(21-8-9-22-47)37-20-24-50-45(49)30-37)28-38(48)29-40-26-35(32-51-40)25-34-14-17-41(52)18-15-34/h13-18,20,24,26,30,32-33,36,38-39,42-44,51-54,57H,2-12,19,21-23,25,27-29,31H2,1H3,(H2,49,50)(H,55,56). The second-order valence-corrected chi connectivity index (χ2v) is 18.1. The number of phenols is 1. The molecule has 3 aliphatic carbocycles. The number of H-pyrrole nitrogens is 1. The molecule has 6 rings (SSSR count). The van der Waals surface area contributed by atoms with E-state index in [1.807, 2.05) is 24.4 Å². The molecule has 3 aromatic rings. The number of hydrogen-bond donors (Lipinski definition) is 7. The van der Waals surface area contributed by atoms with Gasteiger partial charge in [-0.2, -0.15) is 0 Å². The van der Waals surface area contributed by atoms with E-state index in [2.05, 4.69) is 41.2 Å². The molecule has 0 spiro atoms. The topological polar surface area (TPSA) is 173 Å². The van der Waals surface area contributed by atoms with Crippen LogP contribution in [-0.2, 0) is 23.1 Å². The minimum Gasteiger partial charge on any atom is -0.508 e. The molecule has 3 aliphatic rings. The monoisotopic (exact) mass is 784 g/mol. The molecule has 2 heterocycles. The van der Waals surface area contributed by atoms with Crippen LogP contribution in [-0.4, -0.2) is 59.3 Å². The van der Waals surface area contributed by atoms with Gasteiger partial charge in [-0.3, -0.25) is 4.79 Å². The molecule has 57 heavy (non-hydrogen) atoms. The molecule has 0 bridgehead atoms. The van der Waals surface area contributed by atoms with Crippen molar-refractivity contribution in [1.82, 2.24) is 9.97 Å². The maximum Gasteiger partial charge on any atom is 0.309 e. The number of aliphatic hydroxyl groups excluding tert-OH is 2. The number of pyridine rings is 1. The Hall–Kier alpha value is -3.66. The van der Waals surface area contributed by atoms with Gasteiger partial charge in [-0.05, 0) is 147 Å². The molecule has 2 aromatic heterocycles. The average Bonchev–Trinajstić information content (AvgIpc) is 3.94. The summed E-state index contributed by atoms with van der Waals surface area (Å²) in [5.41, 5.74) is 9.51. The number of allylic oxidation sites excluding steroid dienone is 1. The Morgan fingerprint density at radius 3 is 2.46 bits per heavy atom. The van der Waals surface area contributed by atoms with Gasteiger partial charge in [-0.25, -0.2) is 4.98 Å². The number of nitrogens with one attached hydrogen (secondary N) is 1. The van der Waals surface area contributed by atoms with Gasteiger partial charge >= 0.3 is 5.97 Å². The summed E-state index contributed by atoms with van der Waals surface area (Å²) in [6.07, 6.45) is 24.0. The Bertz CT molecular complexity index is 1730. The van der Waals surface area contributed by atoms with Crippen LogP contribution in [0.2, 0.25) is 0 Å². The van der Waals surface area contributed by atoms with E-state index in [1.165, 1.54) is 24.8 Å². The Labute approximate surface area is 340 Å². The number of carboxylic acid groups (broad SMARTS) is 1. The lowest BCUT2D eigenvalue weighted by molar-refractivity contribution is -0.146. The lowest BCUT2D eigenvalue weighted by Crippen LogP contribution is -2.38. The number of nitrogens with zero attached hydrogens (tertiary/aromatic N) is 1. The van der Waals surface area contributed by atoms with Crippen LogP contribution in [0.1, 0.15) is 145 Å². The lowest BCUT2D eigenvalue weighted by Gasteiger charge is -2.37.